The molecule has 1 amide bonds. The van der Waals surface area contributed by atoms with Crippen LogP contribution in [-0.4, -0.2) is 72.2 Å². The summed E-state index contributed by atoms with van der Waals surface area (Å²) in [6.45, 7) is 7.05. The van der Waals surface area contributed by atoms with Gasteiger partial charge in [-0.3, -0.25) is 14.2 Å². The number of carbonyl (C=O) groups excluding carboxylic acids is 1. The Bertz CT molecular complexity index is 1830. The summed E-state index contributed by atoms with van der Waals surface area (Å²) in [5.74, 6) is -1.72. The Morgan fingerprint density at radius 2 is 1.95 bits per heavy atom. The van der Waals surface area contributed by atoms with Crippen molar-refractivity contribution in [2.24, 2.45) is 0 Å². The van der Waals surface area contributed by atoms with E-state index in [9.17, 15) is 24.5 Å². The minimum absolute atomic E-state index is 0.0165. The van der Waals surface area contributed by atoms with Gasteiger partial charge in [0.05, 0.1) is 40.8 Å². The molecule has 1 aromatic heterocycles. The predicted octanol–water partition coefficient (Wildman–Crippen LogP) is 4.62. The third-order valence-corrected chi connectivity index (χ3v) is 9.08. The fourth-order valence-electron chi connectivity index (χ4n) is 6.50. The second-order valence-electron chi connectivity index (χ2n) is 11.2. The van der Waals surface area contributed by atoms with Gasteiger partial charge in [-0.1, -0.05) is 18.2 Å². The zero-order chi connectivity index (χ0) is 31.1. The van der Waals surface area contributed by atoms with Gasteiger partial charge in [-0.2, -0.15) is 10.5 Å². The fraction of sp³-hybridized carbons (Fsp3) is 0.375. The van der Waals surface area contributed by atoms with Crippen LogP contribution in [0.5, 0.6) is 5.75 Å². The van der Waals surface area contributed by atoms with Crippen molar-refractivity contribution in [3.63, 3.8) is 0 Å². The van der Waals surface area contributed by atoms with Gasteiger partial charge >= 0.3 is 0 Å². The molecule has 0 aliphatic carbocycles. The highest BCUT2D eigenvalue weighted by atomic mass is 35.5. The van der Waals surface area contributed by atoms with E-state index in [1.807, 2.05) is 4.90 Å². The molecule has 3 aliphatic heterocycles. The molecule has 3 aromatic rings. The summed E-state index contributed by atoms with van der Waals surface area (Å²) in [4.78, 5) is 32.5. The minimum Gasteiger partial charge on any atom is -0.488 e. The maximum absolute atomic E-state index is 15.2. The molecule has 1 unspecified atom stereocenters. The topological polar surface area (TPSA) is 106 Å². The summed E-state index contributed by atoms with van der Waals surface area (Å²) < 4.78 is 36.9. The first kappa shape index (κ1) is 29.6. The van der Waals surface area contributed by atoms with Gasteiger partial charge in [0.25, 0.3) is 5.56 Å². The monoisotopic (exact) mass is 618 g/mol. The van der Waals surface area contributed by atoms with E-state index in [0.29, 0.717) is 23.0 Å². The van der Waals surface area contributed by atoms with Crippen LogP contribution in [0.3, 0.4) is 0 Å². The highest BCUT2D eigenvalue weighted by Gasteiger charge is 2.36. The van der Waals surface area contributed by atoms with Gasteiger partial charge in [-0.05, 0) is 50.2 Å². The smallest absolute Gasteiger partial charge is 0.271 e. The first-order chi connectivity index (χ1) is 21.3. The van der Waals surface area contributed by atoms with Crippen molar-refractivity contribution in [2.45, 2.75) is 31.3 Å². The normalized spacial score (nSPS) is 19.6. The number of ether oxygens (including phenoxy) is 1. The van der Waals surface area contributed by atoms with Crippen molar-refractivity contribution in [1.29, 1.82) is 10.5 Å². The van der Waals surface area contributed by atoms with Crippen LogP contribution in [0.2, 0.25) is 5.02 Å². The number of likely N-dealkylation sites (tertiary alicyclic amines) is 1. The fourth-order valence-corrected chi connectivity index (χ4v) is 6.80. The zero-order valence-corrected chi connectivity index (χ0v) is 24.6. The number of nitrogens with zero attached hydrogens (tertiary/aromatic N) is 6. The molecule has 0 radical (unpaired) electrons. The van der Waals surface area contributed by atoms with Crippen LogP contribution in [0, 0.1) is 34.3 Å². The summed E-state index contributed by atoms with van der Waals surface area (Å²) in [6.07, 6.45) is 2.94. The summed E-state index contributed by atoms with van der Waals surface area (Å²) in [7, 11) is 0. The lowest BCUT2D eigenvalue weighted by molar-refractivity contribution is -0.128. The quantitative estimate of drug-likeness (QED) is 0.356. The molecule has 2 saturated heterocycles. The molecule has 9 nitrogen and oxygen atoms in total. The summed E-state index contributed by atoms with van der Waals surface area (Å²) in [5, 5.41) is 20.4. The highest BCUT2D eigenvalue weighted by molar-refractivity contribution is 6.35. The van der Waals surface area contributed by atoms with E-state index < -0.39 is 29.3 Å². The van der Waals surface area contributed by atoms with E-state index in [4.69, 9.17) is 16.3 Å². The maximum Gasteiger partial charge on any atom is 0.271 e. The summed E-state index contributed by atoms with van der Waals surface area (Å²) in [6, 6.07) is 8.08. The summed E-state index contributed by atoms with van der Waals surface area (Å²) in [5.41, 5.74) is 0.290. The van der Waals surface area contributed by atoms with Crippen molar-refractivity contribution in [2.75, 3.05) is 50.8 Å². The molecule has 44 heavy (non-hydrogen) atoms. The Hall–Kier alpha value is -4.45. The van der Waals surface area contributed by atoms with Gasteiger partial charge in [0.15, 0.2) is 5.75 Å². The molecule has 4 heterocycles. The minimum atomic E-state index is -0.837. The van der Waals surface area contributed by atoms with E-state index in [-0.39, 0.29) is 66.0 Å². The van der Waals surface area contributed by atoms with Crippen molar-refractivity contribution in [1.82, 2.24) is 14.4 Å². The number of rotatable bonds is 7. The molecule has 0 bridgehead atoms. The molecule has 0 saturated carbocycles. The predicted molar refractivity (Wildman–Crippen MR) is 162 cm³/mol. The number of hydrogen-bond acceptors (Lipinski definition) is 7. The van der Waals surface area contributed by atoms with E-state index >= 15 is 4.39 Å². The van der Waals surface area contributed by atoms with E-state index in [0.717, 1.165) is 38.2 Å². The average molecular weight is 619 g/mol. The number of nitriles is 2. The zero-order valence-electron chi connectivity index (χ0n) is 23.9. The number of anilines is 1. The number of aromatic nitrogens is 1. The Labute approximate surface area is 257 Å². The van der Waals surface area contributed by atoms with Crippen LogP contribution >= 0.6 is 11.6 Å². The molecule has 226 valence electrons. The molecule has 2 atom stereocenters. The van der Waals surface area contributed by atoms with Crippen LogP contribution in [0.4, 0.5) is 14.5 Å². The lowest BCUT2D eigenvalue weighted by Gasteiger charge is -2.42. The number of amides is 1. The number of pyridine rings is 1. The Morgan fingerprint density at radius 3 is 2.61 bits per heavy atom. The second kappa shape index (κ2) is 11.9. The number of carbonyl (C=O) groups is 1. The van der Waals surface area contributed by atoms with Gasteiger partial charge in [-0.15, -0.1) is 0 Å². The van der Waals surface area contributed by atoms with E-state index in [1.165, 1.54) is 12.1 Å². The van der Waals surface area contributed by atoms with Crippen molar-refractivity contribution in [3.8, 4) is 29.0 Å². The average Bonchev–Trinajstić information content (AvgIpc) is 2.98. The SMILES string of the molecule is C=CC(=O)N1CCN(c2c(C#N)c(=O)n3c4c(c(-c5ccc(F)cc5F)c(Cl)cc24)OCC3CCN2CCC2)C[C@@H]1CC#N. The summed E-state index contributed by atoms with van der Waals surface area (Å²) >= 11 is 6.84. The molecule has 3 aliphatic rings. The van der Waals surface area contributed by atoms with Crippen LogP contribution in [0.25, 0.3) is 22.0 Å². The molecule has 0 spiro atoms. The molecule has 0 N–H and O–H groups in total. The molecule has 2 fully saturated rings. The van der Waals surface area contributed by atoms with Crippen molar-refractivity contribution < 1.29 is 18.3 Å². The van der Waals surface area contributed by atoms with Gasteiger partial charge in [0.1, 0.15) is 29.9 Å². The Morgan fingerprint density at radius 1 is 1.16 bits per heavy atom. The van der Waals surface area contributed by atoms with Gasteiger partial charge in [-0.25, -0.2) is 8.78 Å². The van der Waals surface area contributed by atoms with E-state index in [2.05, 4.69) is 23.6 Å². The lowest BCUT2D eigenvalue weighted by Crippen LogP contribution is -2.55. The van der Waals surface area contributed by atoms with Crippen molar-refractivity contribution >= 4 is 34.1 Å². The lowest BCUT2D eigenvalue weighted by atomic mass is 9.96. The Balaban J connectivity index is 1.58. The first-order valence-corrected chi connectivity index (χ1v) is 14.9. The molecular weight excluding hydrogens is 590 g/mol. The van der Waals surface area contributed by atoms with E-state index in [1.54, 1.807) is 15.5 Å². The number of benzene rings is 2. The second-order valence-corrected chi connectivity index (χ2v) is 11.6. The molecular formula is C32H29ClF2N6O3. The number of piperazine rings is 1. The highest BCUT2D eigenvalue weighted by Crippen LogP contribution is 2.48. The van der Waals surface area contributed by atoms with Crippen LogP contribution in [-0.2, 0) is 4.79 Å². The molecule has 2 aromatic carbocycles. The standard InChI is InChI=1S/C32H29ClF2N6O3/c1-2-27(42)40-13-12-39(17-20(40)6-8-36)29-23-15-25(33)28(22-5-4-19(34)14-26(22)35)31-30(23)41(32(43)24(29)16-37)21(18-44-31)7-11-38-9-3-10-38/h2,4-5,14-15,20-21H,1,3,6-7,9-13,17-18H2/t20-,21?/m0/s1. The van der Waals surface area contributed by atoms with Crippen LogP contribution in [0.15, 0.2) is 41.7 Å². The largest absolute Gasteiger partial charge is 0.488 e. The number of hydrogen-bond donors (Lipinski definition) is 0. The maximum atomic E-state index is 15.2. The molecule has 6 rings (SSSR count). The van der Waals surface area contributed by atoms with Gasteiger partial charge < -0.3 is 19.4 Å². The van der Waals surface area contributed by atoms with Crippen molar-refractivity contribution in [3.05, 3.63) is 69.5 Å². The number of halogens is 3. The third kappa shape index (κ3) is 4.96. The van der Waals surface area contributed by atoms with Gasteiger partial charge in [0, 0.05) is 48.8 Å². The van der Waals surface area contributed by atoms with Crippen LogP contribution in [0.1, 0.15) is 30.9 Å². The van der Waals surface area contributed by atoms with Gasteiger partial charge in [0.2, 0.25) is 5.91 Å². The Kier molecular flexibility index (Phi) is 8.02. The first-order valence-electron chi connectivity index (χ1n) is 14.5. The third-order valence-electron chi connectivity index (χ3n) is 8.78. The molecule has 12 heteroatoms. The van der Waals surface area contributed by atoms with Crippen LogP contribution < -0.4 is 15.2 Å².